The molecule has 1 aliphatic heterocycles. The maximum absolute atomic E-state index is 12.8. The molecule has 0 saturated carbocycles. The predicted molar refractivity (Wildman–Crippen MR) is 228 cm³/mol. The number of morpholine rings is 1. The number of thioether (sulfide) groups is 1. The van der Waals surface area contributed by atoms with Gasteiger partial charge in [0.05, 0.1) is 24.3 Å². The van der Waals surface area contributed by atoms with Gasteiger partial charge < -0.3 is 29.3 Å². The summed E-state index contributed by atoms with van der Waals surface area (Å²) in [6.07, 6.45) is 0.720. The van der Waals surface area contributed by atoms with Crippen LogP contribution in [0.25, 0.3) is 0 Å². The summed E-state index contributed by atoms with van der Waals surface area (Å²) in [5, 5.41) is 17.2. The first-order chi connectivity index (χ1) is 22.2. The number of carbonyl (C=O) groups excluding carboxylic acids is 4. The number of aliphatic hydroxyl groups is 2. The first-order valence-corrected chi connectivity index (χ1v) is 16.4. The van der Waals surface area contributed by atoms with E-state index in [4.69, 9.17) is 24.4 Å². The Labute approximate surface area is 333 Å². The summed E-state index contributed by atoms with van der Waals surface area (Å²) < 4.78 is 15.0. The van der Waals surface area contributed by atoms with Gasteiger partial charge in [0.1, 0.15) is 19.2 Å². The molecule has 1 fully saturated rings. The number of esters is 2. The first-order valence-electron chi connectivity index (χ1n) is 15.4. The van der Waals surface area contributed by atoms with Crippen molar-refractivity contribution < 1.29 is 43.6 Å². The SMILES string of the molecule is C.C.C.C.C.C.C.CC(C)(C(=O)c1ccc(SCOC(=O)CO)cc1)N1CCOCC1.CCC(C)(C(=O)c1ccc(N(C)COC(=O)CO)cc1)N(C)C. The van der Waals surface area contributed by atoms with Crippen LogP contribution in [0.5, 0.6) is 0 Å². The fraction of sp³-hybridized carbons (Fsp3) is 0.610. The summed E-state index contributed by atoms with van der Waals surface area (Å²) in [6, 6.07) is 14.4. The number of ether oxygens (including phenoxy) is 3. The van der Waals surface area contributed by atoms with E-state index in [-0.39, 0.29) is 76.2 Å². The quantitative estimate of drug-likeness (QED) is 0.0794. The predicted octanol–water partition coefficient (Wildman–Crippen LogP) is 7.55. The maximum atomic E-state index is 12.8. The van der Waals surface area contributed by atoms with Crippen LogP contribution < -0.4 is 4.90 Å². The molecule has 1 unspecified atom stereocenters. The zero-order valence-corrected chi connectivity index (χ0v) is 29.3. The van der Waals surface area contributed by atoms with E-state index in [2.05, 4.69) is 4.90 Å². The van der Waals surface area contributed by atoms with Crippen LogP contribution in [-0.2, 0) is 23.8 Å². The van der Waals surface area contributed by atoms with Crippen LogP contribution in [0.1, 0.15) is 107 Å². The molecule has 1 aliphatic rings. The van der Waals surface area contributed by atoms with Crippen molar-refractivity contribution in [3.05, 3.63) is 59.7 Å². The maximum Gasteiger partial charge on any atom is 0.333 e. The number of nitrogens with zero attached hydrogens (tertiary/aromatic N) is 3. The van der Waals surface area contributed by atoms with Crippen molar-refractivity contribution >= 4 is 41.0 Å². The third-order valence-electron chi connectivity index (χ3n) is 8.33. The van der Waals surface area contributed by atoms with Gasteiger partial charge in [-0.2, -0.15) is 0 Å². The van der Waals surface area contributed by atoms with Gasteiger partial charge in [0.25, 0.3) is 0 Å². The minimum Gasteiger partial charge on any atom is -0.453 e. The van der Waals surface area contributed by atoms with Crippen LogP contribution in [0, 0.1) is 0 Å². The number of benzene rings is 2. The number of hydrogen-bond acceptors (Lipinski definition) is 13. The molecule has 2 aromatic carbocycles. The Kier molecular flexibility index (Phi) is 34.8. The highest BCUT2D eigenvalue weighted by Gasteiger charge is 2.36. The standard InChI is InChI=1S/C17H26N2O4.C17H23NO5S.7CH4/c1-6-17(2,18(3)4)16(22)13-7-9-14(10-8-13)19(5)12-23-15(21)11-20;1-17(2,18-7-9-22-10-8-18)16(21)13-3-5-14(6-4-13)24-12-23-15(20)11-19;;;;;;;/h7-10,20H,6,11-12H2,1-5H3;3-6,19H,7-12H2,1-2H3;7*1H4. The van der Waals surface area contributed by atoms with Gasteiger partial charge in [0.2, 0.25) is 0 Å². The number of Topliss-reactive ketones (excluding diaryl/α,β-unsaturated/α-hetero) is 2. The number of aliphatic hydroxyl groups excluding tert-OH is 2. The second kappa shape index (κ2) is 30.0. The topological polar surface area (TPSA) is 146 Å². The van der Waals surface area contributed by atoms with Gasteiger partial charge in [-0.1, -0.05) is 82.8 Å². The molecule has 316 valence electrons. The molecule has 0 spiro atoms. The van der Waals surface area contributed by atoms with Crippen LogP contribution in [0.3, 0.4) is 0 Å². The number of anilines is 1. The molecule has 54 heavy (non-hydrogen) atoms. The van der Waals surface area contributed by atoms with E-state index in [0.717, 1.165) is 30.1 Å². The third-order valence-corrected chi connectivity index (χ3v) is 9.17. The van der Waals surface area contributed by atoms with E-state index in [0.29, 0.717) is 24.3 Å². The number of ketones is 2. The van der Waals surface area contributed by atoms with Crippen molar-refractivity contribution in [1.82, 2.24) is 9.80 Å². The monoisotopic (exact) mass is 788 g/mol. The molecule has 0 aliphatic carbocycles. The number of likely N-dealkylation sites (N-methyl/N-ethyl adjacent to an activating group) is 1. The largest absolute Gasteiger partial charge is 0.453 e. The van der Waals surface area contributed by atoms with E-state index in [1.165, 1.54) is 11.8 Å². The van der Waals surface area contributed by atoms with E-state index >= 15 is 0 Å². The van der Waals surface area contributed by atoms with Crippen LogP contribution in [0.15, 0.2) is 53.4 Å². The Morgan fingerprint density at radius 2 is 1.19 bits per heavy atom. The summed E-state index contributed by atoms with van der Waals surface area (Å²) in [7, 11) is 5.57. The van der Waals surface area contributed by atoms with Crippen molar-refractivity contribution in [3.8, 4) is 0 Å². The fourth-order valence-electron chi connectivity index (χ4n) is 4.68. The molecule has 2 aromatic rings. The van der Waals surface area contributed by atoms with Crippen molar-refractivity contribution in [2.24, 2.45) is 0 Å². The lowest BCUT2D eigenvalue weighted by atomic mass is 9.87. The minimum atomic E-state index is -0.673. The third kappa shape index (κ3) is 17.9. The number of hydrogen-bond donors (Lipinski definition) is 2. The van der Waals surface area contributed by atoms with E-state index in [1.807, 2.05) is 71.0 Å². The Hall–Kier alpha value is -3.33. The molecule has 3 rings (SSSR count). The van der Waals surface area contributed by atoms with Crippen molar-refractivity contribution in [1.29, 1.82) is 0 Å². The Bertz CT molecular complexity index is 1320. The lowest BCUT2D eigenvalue weighted by molar-refractivity contribution is -0.147. The lowest BCUT2D eigenvalue weighted by Crippen LogP contribution is -2.54. The van der Waals surface area contributed by atoms with E-state index < -0.39 is 36.2 Å². The molecular formula is C41H77N3O9S. The molecule has 0 bridgehead atoms. The minimum absolute atomic E-state index is 0. The van der Waals surface area contributed by atoms with Gasteiger partial charge in [-0.15, -0.1) is 0 Å². The van der Waals surface area contributed by atoms with E-state index in [1.54, 1.807) is 36.2 Å². The van der Waals surface area contributed by atoms with Crippen molar-refractivity contribution in [2.75, 3.05) is 78.2 Å². The lowest BCUT2D eigenvalue weighted by Gasteiger charge is -2.39. The van der Waals surface area contributed by atoms with Gasteiger partial charge in [0, 0.05) is 41.8 Å². The highest BCUT2D eigenvalue weighted by molar-refractivity contribution is 7.99. The van der Waals surface area contributed by atoms with Gasteiger partial charge >= 0.3 is 11.9 Å². The van der Waals surface area contributed by atoms with Crippen molar-refractivity contribution in [3.63, 3.8) is 0 Å². The first kappa shape index (κ1) is 62.6. The Balaban J connectivity index is -0.000000189. The molecule has 1 heterocycles. The van der Waals surface area contributed by atoms with Crippen LogP contribution in [0.4, 0.5) is 5.69 Å². The zero-order chi connectivity index (χ0) is 35.2. The van der Waals surface area contributed by atoms with Gasteiger partial charge in [-0.05, 0) is 77.7 Å². The molecule has 2 N–H and O–H groups in total. The van der Waals surface area contributed by atoms with Gasteiger partial charge in [-0.25, -0.2) is 9.59 Å². The smallest absolute Gasteiger partial charge is 0.333 e. The van der Waals surface area contributed by atoms with Gasteiger partial charge in [-0.3, -0.25) is 19.4 Å². The second-order valence-corrected chi connectivity index (χ2v) is 12.8. The highest BCUT2D eigenvalue weighted by Crippen LogP contribution is 2.25. The highest BCUT2D eigenvalue weighted by atomic mass is 32.2. The Morgan fingerprint density at radius 1 is 0.741 bits per heavy atom. The van der Waals surface area contributed by atoms with Crippen LogP contribution >= 0.6 is 11.8 Å². The summed E-state index contributed by atoms with van der Waals surface area (Å²) in [5.41, 5.74) is 1.00. The molecule has 0 aromatic heterocycles. The molecule has 13 heteroatoms. The fourth-order valence-corrected chi connectivity index (χ4v) is 5.33. The average Bonchev–Trinajstić information content (AvgIpc) is 3.10. The number of carbonyl (C=O) groups is 4. The second-order valence-electron chi connectivity index (χ2n) is 11.8. The summed E-state index contributed by atoms with van der Waals surface area (Å²) >= 11 is 1.33. The summed E-state index contributed by atoms with van der Waals surface area (Å²) in [4.78, 5) is 54.1. The van der Waals surface area contributed by atoms with Crippen LogP contribution in [-0.4, -0.2) is 128 Å². The van der Waals surface area contributed by atoms with Crippen molar-refractivity contribution in [2.45, 2.75) is 102 Å². The van der Waals surface area contributed by atoms with Gasteiger partial charge in [0.15, 0.2) is 18.3 Å². The Morgan fingerprint density at radius 3 is 1.63 bits per heavy atom. The molecule has 0 radical (unpaired) electrons. The molecular weight excluding hydrogens is 711 g/mol. The normalized spacial score (nSPS) is 12.9. The van der Waals surface area contributed by atoms with E-state index in [9.17, 15) is 19.2 Å². The zero-order valence-electron chi connectivity index (χ0n) is 28.5. The molecule has 1 saturated heterocycles. The molecule has 1 atom stereocenters. The summed E-state index contributed by atoms with van der Waals surface area (Å²) in [5.74, 6) is -1.04. The van der Waals surface area contributed by atoms with Crippen LogP contribution in [0.2, 0.25) is 0 Å². The molecule has 0 amide bonds. The molecule has 12 nitrogen and oxygen atoms in total. The average molecular weight is 788 g/mol. The summed E-state index contributed by atoms with van der Waals surface area (Å²) in [6.45, 7) is 9.40. The number of rotatable bonds is 15.